The monoisotopic (exact) mass is 482 g/mol. The van der Waals surface area contributed by atoms with E-state index in [1.165, 1.54) is 17.5 Å². The number of fused-ring (bicyclic) bond motifs is 1. The Labute approximate surface area is 188 Å². The van der Waals surface area contributed by atoms with Crippen molar-refractivity contribution in [3.63, 3.8) is 0 Å². The van der Waals surface area contributed by atoms with Gasteiger partial charge in [-0.25, -0.2) is 18.2 Å². The summed E-state index contributed by atoms with van der Waals surface area (Å²) >= 11 is 0. The lowest BCUT2D eigenvalue weighted by Crippen LogP contribution is -2.48. The summed E-state index contributed by atoms with van der Waals surface area (Å²) in [6.07, 6.45) is -1.07. The van der Waals surface area contributed by atoms with Crippen LogP contribution < -0.4 is 0 Å². The van der Waals surface area contributed by atoms with Crippen LogP contribution >= 0.6 is 0 Å². The largest absolute Gasteiger partial charge is 0.465 e. The third-order valence-corrected chi connectivity index (χ3v) is 7.35. The summed E-state index contributed by atoms with van der Waals surface area (Å²) < 4.78 is 72.3. The molecule has 12 heteroatoms. The number of carbonyl (C=O) groups excluding carboxylic acids is 1. The molecule has 176 valence electrons. The number of alkyl halides is 3. The molecule has 3 aromatic rings. The first-order valence-corrected chi connectivity index (χ1v) is 11.5. The molecule has 0 radical (unpaired) electrons. The van der Waals surface area contributed by atoms with Crippen LogP contribution in [0.2, 0.25) is 0 Å². The molecule has 1 aromatic carbocycles. The van der Waals surface area contributed by atoms with Crippen LogP contribution in [0.1, 0.15) is 21.6 Å². The van der Waals surface area contributed by atoms with E-state index in [2.05, 4.69) is 4.98 Å². The SMILES string of the molecule is COC(=O)c1cccn2cc(CN3CCN(S(=O)(=O)c4cccc(C(F)(F)F)c4)CC3)nc12. The number of esters is 1. The summed E-state index contributed by atoms with van der Waals surface area (Å²) in [5.41, 5.74) is 0.495. The fourth-order valence-electron chi connectivity index (χ4n) is 3.75. The first-order valence-electron chi connectivity index (χ1n) is 10.0. The lowest BCUT2D eigenvalue weighted by molar-refractivity contribution is -0.137. The average molecular weight is 482 g/mol. The molecule has 0 spiro atoms. The maximum Gasteiger partial charge on any atom is 0.416 e. The summed E-state index contributed by atoms with van der Waals surface area (Å²) in [5.74, 6) is -0.494. The van der Waals surface area contributed by atoms with Crippen LogP contribution in [0.15, 0.2) is 53.7 Å². The smallest absolute Gasteiger partial charge is 0.416 e. The van der Waals surface area contributed by atoms with Gasteiger partial charge in [0.25, 0.3) is 0 Å². The average Bonchev–Trinajstić information content (AvgIpc) is 3.21. The first-order chi connectivity index (χ1) is 15.6. The van der Waals surface area contributed by atoms with Crippen LogP contribution in [0.5, 0.6) is 0 Å². The second kappa shape index (κ2) is 8.76. The lowest BCUT2D eigenvalue weighted by atomic mass is 10.2. The van der Waals surface area contributed by atoms with Crippen molar-refractivity contribution in [2.75, 3.05) is 33.3 Å². The highest BCUT2D eigenvalue weighted by Crippen LogP contribution is 2.31. The van der Waals surface area contributed by atoms with Gasteiger partial charge in [0.15, 0.2) is 5.65 Å². The van der Waals surface area contributed by atoms with Crippen molar-refractivity contribution < 1.29 is 31.1 Å². The number of benzene rings is 1. The highest BCUT2D eigenvalue weighted by molar-refractivity contribution is 7.89. The molecule has 0 N–H and O–H groups in total. The molecule has 4 rings (SSSR count). The van der Waals surface area contributed by atoms with Gasteiger partial charge in [-0.2, -0.15) is 17.5 Å². The lowest BCUT2D eigenvalue weighted by Gasteiger charge is -2.33. The second-order valence-electron chi connectivity index (χ2n) is 7.58. The molecular weight excluding hydrogens is 461 g/mol. The molecule has 33 heavy (non-hydrogen) atoms. The van der Waals surface area contributed by atoms with E-state index < -0.39 is 27.7 Å². The molecule has 2 aromatic heterocycles. The summed E-state index contributed by atoms with van der Waals surface area (Å²) in [7, 11) is -2.75. The third-order valence-electron chi connectivity index (χ3n) is 5.45. The molecule has 1 aliphatic rings. The van der Waals surface area contributed by atoms with Crippen LogP contribution in [0.25, 0.3) is 5.65 Å². The standard InChI is InChI=1S/C21H21F3N4O4S/c1-32-20(29)18-6-3-7-27-14-16(25-19(18)27)13-26-8-10-28(11-9-26)33(30,31)17-5-2-4-15(12-17)21(22,23)24/h2-7,12,14H,8-11,13H2,1H3. The number of piperazine rings is 1. The summed E-state index contributed by atoms with van der Waals surface area (Å²) in [6.45, 7) is 1.48. The molecule has 1 fully saturated rings. The minimum atomic E-state index is -4.62. The van der Waals surface area contributed by atoms with Crippen molar-refractivity contribution >= 4 is 21.6 Å². The number of pyridine rings is 1. The maximum absolute atomic E-state index is 13.0. The Kier molecular flexibility index (Phi) is 6.16. The fourth-order valence-corrected chi connectivity index (χ4v) is 5.22. The van der Waals surface area contributed by atoms with Crippen LogP contribution in [-0.2, 0) is 27.5 Å². The molecule has 0 atom stereocenters. The number of ether oxygens (including phenoxy) is 1. The van der Waals surface area contributed by atoms with E-state index in [-0.39, 0.29) is 18.0 Å². The molecule has 3 heterocycles. The summed E-state index contributed by atoms with van der Waals surface area (Å²) in [6, 6.07) is 7.11. The highest BCUT2D eigenvalue weighted by Gasteiger charge is 2.34. The zero-order valence-corrected chi connectivity index (χ0v) is 18.4. The van der Waals surface area contributed by atoms with E-state index in [0.29, 0.717) is 42.6 Å². The van der Waals surface area contributed by atoms with Crippen molar-refractivity contribution in [2.45, 2.75) is 17.6 Å². The van der Waals surface area contributed by atoms with E-state index in [1.807, 2.05) is 4.90 Å². The Morgan fingerprint density at radius 3 is 2.52 bits per heavy atom. The highest BCUT2D eigenvalue weighted by atomic mass is 32.2. The minimum Gasteiger partial charge on any atom is -0.465 e. The normalized spacial score (nSPS) is 16.2. The van der Waals surface area contributed by atoms with Crippen molar-refractivity contribution in [1.29, 1.82) is 0 Å². The van der Waals surface area contributed by atoms with Crippen LogP contribution in [-0.4, -0.2) is 66.3 Å². The molecule has 0 unspecified atom stereocenters. The van der Waals surface area contributed by atoms with Crippen molar-refractivity contribution in [1.82, 2.24) is 18.6 Å². The zero-order valence-electron chi connectivity index (χ0n) is 17.6. The zero-order chi connectivity index (χ0) is 23.8. The van der Waals surface area contributed by atoms with Crippen LogP contribution in [0.3, 0.4) is 0 Å². The van der Waals surface area contributed by atoms with Gasteiger partial charge < -0.3 is 9.14 Å². The number of hydrogen-bond donors (Lipinski definition) is 0. The molecule has 8 nitrogen and oxygen atoms in total. The topological polar surface area (TPSA) is 84.2 Å². The predicted octanol–water partition coefficient (Wildman–Crippen LogP) is 2.65. The van der Waals surface area contributed by atoms with Gasteiger partial charge in [-0.15, -0.1) is 0 Å². The van der Waals surface area contributed by atoms with Crippen LogP contribution in [0.4, 0.5) is 13.2 Å². The van der Waals surface area contributed by atoms with Crippen molar-refractivity contribution in [2.24, 2.45) is 0 Å². The molecule has 0 aliphatic carbocycles. The second-order valence-corrected chi connectivity index (χ2v) is 9.52. The number of rotatable bonds is 5. The molecule has 0 bridgehead atoms. The Bertz CT molecular complexity index is 1280. The van der Waals surface area contributed by atoms with Crippen molar-refractivity contribution in [3.05, 3.63) is 65.6 Å². The van der Waals surface area contributed by atoms with Gasteiger partial charge in [0.1, 0.15) is 5.56 Å². The molecular formula is C21H21F3N4O4S. The molecule has 1 aliphatic heterocycles. The maximum atomic E-state index is 13.0. The number of halogens is 3. The van der Waals surface area contributed by atoms with E-state index in [9.17, 15) is 26.4 Å². The van der Waals surface area contributed by atoms with Crippen molar-refractivity contribution in [3.8, 4) is 0 Å². The molecule has 0 saturated carbocycles. The van der Waals surface area contributed by atoms with Gasteiger partial charge in [0, 0.05) is 45.1 Å². The quantitative estimate of drug-likeness (QED) is 0.520. The fraction of sp³-hybridized carbons (Fsp3) is 0.333. The predicted molar refractivity (Wildman–Crippen MR) is 112 cm³/mol. The first kappa shape index (κ1) is 23.2. The summed E-state index contributed by atoms with van der Waals surface area (Å²) in [5, 5.41) is 0. The summed E-state index contributed by atoms with van der Waals surface area (Å²) in [4.78, 5) is 18.1. The van der Waals surface area contributed by atoms with Gasteiger partial charge in [-0.1, -0.05) is 6.07 Å². The Morgan fingerprint density at radius 1 is 1.12 bits per heavy atom. The number of methoxy groups -OCH3 is 1. The van der Waals surface area contributed by atoms with E-state index in [1.54, 1.807) is 28.9 Å². The van der Waals surface area contributed by atoms with E-state index in [4.69, 9.17) is 4.74 Å². The number of aromatic nitrogens is 2. The Balaban J connectivity index is 1.45. The van der Waals surface area contributed by atoms with Gasteiger partial charge >= 0.3 is 12.1 Å². The number of carbonyl (C=O) groups is 1. The van der Waals surface area contributed by atoms with Gasteiger partial charge in [-0.3, -0.25) is 4.90 Å². The Morgan fingerprint density at radius 2 is 1.85 bits per heavy atom. The number of nitrogens with zero attached hydrogens (tertiary/aromatic N) is 4. The van der Waals surface area contributed by atoms with Gasteiger partial charge in [-0.05, 0) is 30.3 Å². The third kappa shape index (κ3) is 4.72. The van der Waals surface area contributed by atoms with Gasteiger partial charge in [0.05, 0.1) is 23.3 Å². The van der Waals surface area contributed by atoms with Gasteiger partial charge in [0.2, 0.25) is 10.0 Å². The minimum absolute atomic E-state index is 0.138. The van der Waals surface area contributed by atoms with Crippen LogP contribution in [0, 0.1) is 0 Å². The Hall–Kier alpha value is -2.96. The number of sulfonamides is 1. The van der Waals surface area contributed by atoms with E-state index in [0.717, 1.165) is 12.1 Å². The molecule has 0 amide bonds. The number of hydrogen-bond acceptors (Lipinski definition) is 6. The number of imidazole rings is 1. The molecule has 1 saturated heterocycles. The van der Waals surface area contributed by atoms with E-state index >= 15 is 0 Å².